The van der Waals surface area contributed by atoms with E-state index in [1.165, 1.54) is 12.1 Å². The molecule has 0 spiro atoms. The lowest BCUT2D eigenvalue weighted by Crippen LogP contribution is -2.42. The highest BCUT2D eigenvalue weighted by molar-refractivity contribution is 6.02. The van der Waals surface area contributed by atoms with E-state index in [1.807, 2.05) is 0 Å². The fraction of sp³-hybridized carbons (Fsp3) is 0.182. The van der Waals surface area contributed by atoms with Crippen LogP contribution in [-0.4, -0.2) is 34.2 Å². The Labute approximate surface area is 179 Å². The Bertz CT molecular complexity index is 1450. The summed E-state index contributed by atoms with van der Waals surface area (Å²) in [5.41, 5.74) is -1.06. The van der Waals surface area contributed by atoms with Crippen molar-refractivity contribution >= 4 is 33.9 Å². The van der Waals surface area contributed by atoms with Gasteiger partial charge in [0.05, 0.1) is 12.3 Å². The van der Waals surface area contributed by atoms with Crippen LogP contribution in [0.4, 0.5) is 4.39 Å². The number of nitrogens with zero attached hydrogens (tertiary/aromatic N) is 2. The van der Waals surface area contributed by atoms with Crippen molar-refractivity contribution in [2.75, 3.05) is 13.2 Å². The maximum Gasteiger partial charge on any atom is 0.336 e. The fourth-order valence-electron chi connectivity index (χ4n) is 3.40. The molecule has 10 heteroatoms. The van der Waals surface area contributed by atoms with Crippen LogP contribution in [0, 0.1) is 5.82 Å². The van der Waals surface area contributed by atoms with Crippen LogP contribution >= 0.6 is 0 Å². The number of nitrogens with one attached hydrogen (secondary N) is 1. The molecule has 9 nitrogen and oxygen atoms in total. The molecule has 4 aromatic rings. The highest BCUT2D eigenvalue weighted by Crippen LogP contribution is 2.25. The average molecular weight is 439 g/mol. The van der Waals surface area contributed by atoms with Gasteiger partial charge in [-0.3, -0.25) is 19.0 Å². The SMILES string of the molecule is CCOC(=O)CNC(=O)Cn1c(=O)n(-c2ccc(F)cc2)c(=O)c2oc3ccccc3c21. The van der Waals surface area contributed by atoms with Crippen molar-refractivity contribution in [1.29, 1.82) is 0 Å². The molecule has 0 saturated carbocycles. The van der Waals surface area contributed by atoms with Gasteiger partial charge < -0.3 is 14.5 Å². The third kappa shape index (κ3) is 3.78. The maximum absolute atomic E-state index is 13.4. The molecule has 2 aromatic heterocycles. The summed E-state index contributed by atoms with van der Waals surface area (Å²) >= 11 is 0. The number of benzene rings is 2. The Kier molecular flexibility index (Phi) is 5.59. The number of rotatable bonds is 6. The molecule has 0 fully saturated rings. The van der Waals surface area contributed by atoms with Crippen molar-refractivity contribution in [2.45, 2.75) is 13.5 Å². The van der Waals surface area contributed by atoms with Crippen LogP contribution in [0.3, 0.4) is 0 Å². The molecule has 32 heavy (non-hydrogen) atoms. The van der Waals surface area contributed by atoms with Crippen LogP contribution in [0.15, 0.2) is 62.5 Å². The lowest BCUT2D eigenvalue weighted by molar-refractivity contribution is -0.143. The largest absolute Gasteiger partial charge is 0.465 e. The van der Waals surface area contributed by atoms with Crippen LogP contribution in [0.2, 0.25) is 0 Å². The highest BCUT2D eigenvalue weighted by atomic mass is 19.1. The highest BCUT2D eigenvalue weighted by Gasteiger charge is 2.22. The lowest BCUT2D eigenvalue weighted by atomic mass is 10.2. The molecular weight excluding hydrogens is 421 g/mol. The molecule has 0 saturated heterocycles. The van der Waals surface area contributed by atoms with Crippen molar-refractivity contribution in [3.8, 4) is 5.69 Å². The molecule has 0 aliphatic heterocycles. The number of carbonyl (C=O) groups is 2. The van der Waals surface area contributed by atoms with E-state index in [2.05, 4.69) is 5.32 Å². The summed E-state index contributed by atoms with van der Waals surface area (Å²) in [5, 5.41) is 2.86. The molecule has 0 bridgehead atoms. The molecule has 2 aromatic carbocycles. The van der Waals surface area contributed by atoms with Crippen LogP contribution < -0.4 is 16.6 Å². The molecule has 1 N–H and O–H groups in total. The second-order valence-electron chi connectivity index (χ2n) is 6.84. The van der Waals surface area contributed by atoms with Crippen molar-refractivity contribution in [1.82, 2.24) is 14.5 Å². The van der Waals surface area contributed by atoms with Crippen molar-refractivity contribution < 1.29 is 23.1 Å². The first-order valence-electron chi connectivity index (χ1n) is 9.76. The standard InChI is InChI=1S/C22H18FN3O6/c1-2-31-18(28)11-24-17(27)12-25-19-15-5-3-4-6-16(15)32-20(19)21(29)26(22(25)30)14-9-7-13(23)8-10-14/h3-10H,2,11-12H2,1H3,(H,24,27). The van der Waals surface area contributed by atoms with Crippen LogP contribution in [0.5, 0.6) is 0 Å². The van der Waals surface area contributed by atoms with Gasteiger partial charge in [-0.15, -0.1) is 0 Å². The molecule has 164 valence electrons. The summed E-state index contributed by atoms with van der Waals surface area (Å²) in [6.45, 7) is 0.950. The lowest BCUT2D eigenvalue weighted by Gasteiger charge is -2.12. The Morgan fingerprint density at radius 3 is 2.53 bits per heavy atom. The summed E-state index contributed by atoms with van der Waals surface area (Å²) < 4.78 is 25.7. The molecule has 2 heterocycles. The average Bonchev–Trinajstić information content (AvgIpc) is 3.17. The van der Waals surface area contributed by atoms with E-state index in [1.54, 1.807) is 31.2 Å². The summed E-state index contributed by atoms with van der Waals surface area (Å²) in [6.07, 6.45) is 0. The second kappa shape index (κ2) is 8.50. The van der Waals surface area contributed by atoms with Crippen LogP contribution in [-0.2, 0) is 20.9 Å². The number of carbonyl (C=O) groups excluding carboxylic acids is 2. The van der Waals surface area contributed by atoms with Gasteiger partial charge in [0.2, 0.25) is 11.5 Å². The number of aromatic nitrogens is 2. The van der Waals surface area contributed by atoms with Crippen LogP contribution in [0.1, 0.15) is 6.92 Å². The van der Waals surface area contributed by atoms with Gasteiger partial charge in [-0.2, -0.15) is 0 Å². The molecule has 0 atom stereocenters. The van der Waals surface area contributed by atoms with Gasteiger partial charge >= 0.3 is 17.2 Å². The Balaban J connectivity index is 1.88. The van der Waals surface area contributed by atoms with E-state index in [9.17, 15) is 23.6 Å². The van der Waals surface area contributed by atoms with Gasteiger partial charge in [0.25, 0.3) is 0 Å². The van der Waals surface area contributed by atoms with Gasteiger partial charge in [0.1, 0.15) is 30.0 Å². The minimum absolute atomic E-state index is 0.115. The fourth-order valence-corrected chi connectivity index (χ4v) is 3.40. The quantitative estimate of drug-likeness (QED) is 0.458. The number of halogens is 1. The third-order valence-electron chi connectivity index (χ3n) is 4.78. The van der Waals surface area contributed by atoms with E-state index in [0.717, 1.165) is 21.3 Å². The topological polar surface area (TPSA) is 113 Å². The first-order valence-corrected chi connectivity index (χ1v) is 9.76. The molecule has 0 radical (unpaired) electrons. The first kappa shape index (κ1) is 21.0. The molecule has 0 aliphatic rings. The molecular formula is C22H18FN3O6. The predicted octanol–water partition coefficient (Wildman–Crippen LogP) is 1.72. The Hall–Kier alpha value is -4.21. The monoisotopic (exact) mass is 439 g/mol. The number of furan rings is 1. The predicted molar refractivity (Wildman–Crippen MR) is 113 cm³/mol. The summed E-state index contributed by atoms with van der Waals surface area (Å²) in [4.78, 5) is 50.5. The zero-order chi connectivity index (χ0) is 22.8. The Morgan fingerprint density at radius 1 is 1.09 bits per heavy atom. The van der Waals surface area contributed by atoms with Gasteiger partial charge in [0.15, 0.2) is 0 Å². The number of fused-ring (bicyclic) bond motifs is 3. The summed E-state index contributed by atoms with van der Waals surface area (Å²) in [7, 11) is 0. The number of hydrogen-bond acceptors (Lipinski definition) is 6. The number of ether oxygens (including phenoxy) is 1. The molecule has 0 aliphatic carbocycles. The van der Waals surface area contributed by atoms with Gasteiger partial charge in [-0.1, -0.05) is 12.1 Å². The van der Waals surface area contributed by atoms with Crippen molar-refractivity contribution in [3.63, 3.8) is 0 Å². The Morgan fingerprint density at radius 2 is 1.81 bits per heavy atom. The van der Waals surface area contributed by atoms with Crippen molar-refractivity contribution in [3.05, 3.63) is 75.2 Å². The van der Waals surface area contributed by atoms with Gasteiger partial charge in [-0.25, -0.2) is 13.8 Å². The number of hydrogen-bond donors (Lipinski definition) is 1. The van der Waals surface area contributed by atoms with E-state index in [0.29, 0.717) is 11.0 Å². The number of amides is 1. The second-order valence-corrected chi connectivity index (χ2v) is 6.84. The zero-order valence-electron chi connectivity index (χ0n) is 17.0. The zero-order valence-corrected chi connectivity index (χ0v) is 17.0. The first-order chi connectivity index (χ1) is 15.4. The van der Waals surface area contributed by atoms with E-state index in [-0.39, 0.29) is 29.9 Å². The number of esters is 1. The van der Waals surface area contributed by atoms with Crippen LogP contribution in [0.25, 0.3) is 27.8 Å². The summed E-state index contributed by atoms with van der Waals surface area (Å²) in [6, 6.07) is 11.5. The van der Waals surface area contributed by atoms with Gasteiger partial charge in [-0.05, 0) is 43.3 Å². The molecule has 4 rings (SSSR count). The third-order valence-corrected chi connectivity index (χ3v) is 4.78. The normalized spacial score (nSPS) is 11.1. The van der Waals surface area contributed by atoms with E-state index >= 15 is 0 Å². The smallest absolute Gasteiger partial charge is 0.336 e. The van der Waals surface area contributed by atoms with Gasteiger partial charge in [0, 0.05) is 5.39 Å². The number of para-hydroxylation sites is 1. The minimum Gasteiger partial charge on any atom is -0.465 e. The summed E-state index contributed by atoms with van der Waals surface area (Å²) in [5.74, 6) is -1.80. The van der Waals surface area contributed by atoms with E-state index < -0.39 is 35.5 Å². The molecule has 1 amide bonds. The molecule has 0 unspecified atom stereocenters. The van der Waals surface area contributed by atoms with E-state index in [4.69, 9.17) is 9.15 Å². The van der Waals surface area contributed by atoms with Crippen molar-refractivity contribution in [2.24, 2.45) is 0 Å². The maximum atomic E-state index is 13.4. The minimum atomic E-state index is -0.813.